The van der Waals surface area contributed by atoms with Crippen LogP contribution in [-0.4, -0.2) is 12.4 Å². The third-order valence-corrected chi connectivity index (χ3v) is 4.55. The molecule has 2 heteroatoms. The van der Waals surface area contributed by atoms with Crippen LogP contribution < -0.4 is 4.74 Å². The molecule has 94 valence electrons. The molecule has 0 atom stereocenters. The van der Waals surface area contributed by atoms with Gasteiger partial charge in [0.2, 0.25) is 0 Å². The van der Waals surface area contributed by atoms with Crippen molar-refractivity contribution in [1.29, 1.82) is 0 Å². The SMILES string of the molecule is Cc1ccc(C)c(OCC2(CS)CCCC2)c1. The number of aryl methyl sites for hydroxylation is 2. The van der Waals surface area contributed by atoms with Gasteiger partial charge >= 0.3 is 0 Å². The number of hydrogen-bond acceptors (Lipinski definition) is 2. The minimum atomic E-state index is 0.319. The minimum absolute atomic E-state index is 0.319. The monoisotopic (exact) mass is 250 g/mol. The molecule has 0 amide bonds. The van der Waals surface area contributed by atoms with E-state index in [4.69, 9.17) is 4.74 Å². The van der Waals surface area contributed by atoms with Gasteiger partial charge in [0, 0.05) is 5.41 Å². The fraction of sp³-hybridized carbons (Fsp3) is 0.600. The summed E-state index contributed by atoms with van der Waals surface area (Å²) in [6, 6.07) is 6.40. The topological polar surface area (TPSA) is 9.23 Å². The molecule has 1 fully saturated rings. The lowest BCUT2D eigenvalue weighted by molar-refractivity contribution is 0.172. The van der Waals surface area contributed by atoms with Crippen LogP contribution in [0, 0.1) is 19.3 Å². The lowest BCUT2D eigenvalue weighted by Gasteiger charge is -2.27. The van der Waals surface area contributed by atoms with E-state index < -0.39 is 0 Å². The first kappa shape index (κ1) is 12.8. The number of ether oxygens (including phenoxy) is 1. The Bertz CT molecular complexity index is 381. The summed E-state index contributed by atoms with van der Waals surface area (Å²) in [5.41, 5.74) is 2.80. The van der Waals surface area contributed by atoms with E-state index in [9.17, 15) is 0 Å². The molecule has 0 unspecified atom stereocenters. The third-order valence-electron chi connectivity index (χ3n) is 3.88. The average molecular weight is 250 g/mol. The van der Waals surface area contributed by atoms with Crippen molar-refractivity contribution < 1.29 is 4.74 Å². The Morgan fingerprint density at radius 3 is 2.59 bits per heavy atom. The van der Waals surface area contributed by atoms with E-state index in [0.29, 0.717) is 5.41 Å². The maximum Gasteiger partial charge on any atom is 0.122 e. The number of benzene rings is 1. The molecule has 1 aliphatic carbocycles. The fourth-order valence-corrected chi connectivity index (χ4v) is 2.97. The average Bonchev–Trinajstić information content (AvgIpc) is 2.80. The third kappa shape index (κ3) is 2.98. The van der Waals surface area contributed by atoms with Crippen molar-refractivity contribution >= 4 is 12.6 Å². The molecule has 0 aromatic heterocycles. The first-order valence-electron chi connectivity index (χ1n) is 6.46. The zero-order valence-corrected chi connectivity index (χ0v) is 11.7. The van der Waals surface area contributed by atoms with Gasteiger partial charge < -0.3 is 4.74 Å². The van der Waals surface area contributed by atoms with Gasteiger partial charge in [-0.15, -0.1) is 0 Å². The molecular weight excluding hydrogens is 228 g/mol. The van der Waals surface area contributed by atoms with Gasteiger partial charge in [-0.3, -0.25) is 0 Å². The normalized spacial score (nSPS) is 18.3. The molecule has 0 heterocycles. The van der Waals surface area contributed by atoms with Gasteiger partial charge in [-0.1, -0.05) is 25.0 Å². The summed E-state index contributed by atoms with van der Waals surface area (Å²) in [6.45, 7) is 5.04. The van der Waals surface area contributed by atoms with Crippen LogP contribution in [0.5, 0.6) is 5.75 Å². The standard InChI is InChI=1S/C15H22OS/c1-12-5-6-13(2)14(9-12)16-10-15(11-17)7-3-4-8-15/h5-6,9,17H,3-4,7-8,10-11H2,1-2H3. The number of rotatable bonds is 4. The summed E-state index contributed by atoms with van der Waals surface area (Å²) in [7, 11) is 0. The molecular formula is C15H22OS. The Kier molecular flexibility index (Phi) is 4.03. The maximum atomic E-state index is 6.05. The molecule has 0 spiro atoms. The van der Waals surface area contributed by atoms with Crippen LogP contribution in [0.25, 0.3) is 0 Å². The number of hydrogen-bond donors (Lipinski definition) is 1. The largest absolute Gasteiger partial charge is 0.493 e. The van der Waals surface area contributed by atoms with Gasteiger partial charge in [0.25, 0.3) is 0 Å². The second-order valence-electron chi connectivity index (χ2n) is 5.42. The first-order valence-corrected chi connectivity index (χ1v) is 7.09. The van der Waals surface area contributed by atoms with Crippen LogP contribution in [0.4, 0.5) is 0 Å². The number of thiol groups is 1. The quantitative estimate of drug-likeness (QED) is 0.789. The van der Waals surface area contributed by atoms with Gasteiger partial charge in [0.15, 0.2) is 0 Å². The Morgan fingerprint density at radius 1 is 1.24 bits per heavy atom. The molecule has 1 saturated carbocycles. The second kappa shape index (κ2) is 5.34. The van der Waals surface area contributed by atoms with Gasteiger partial charge in [-0.2, -0.15) is 12.6 Å². The molecule has 0 radical (unpaired) electrons. The molecule has 1 aliphatic rings. The van der Waals surface area contributed by atoms with E-state index in [-0.39, 0.29) is 0 Å². The van der Waals surface area contributed by atoms with Gasteiger partial charge in [0.1, 0.15) is 5.75 Å². The summed E-state index contributed by atoms with van der Waals surface area (Å²) in [6.07, 6.45) is 5.19. The highest BCUT2D eigenvalue weighted by Crippen LogP contribution is 2.39. The van der Waals surface area contributed by atoms with Crippen LogP contribution >= 0.6 is 12.6 Å². The van der Waals surface area contributed by atoms with E-state index in [0.717, 1.165) is 18.1 Å². The summed E-state index contributed by atoms with van der Waals surface area (Å²) in [5, 5.41) is 0. The smallest absolute Gasteiger partial charge is 0.122 e. The zero-order valence-electron chi connectivity index (χ0n) is 10.8. The molecule has 17 heavy (non-hydrogen) atoms. The Labute approximate surface area is 110 Å². The van der Waals surface area contributed by atoms with Crippen molar-refractivity contribution in [2.75, 3.05) is 12.4 Å². The summed E-state index contributed by atoms with van der Waals surface area (Å²) >= 11 is 4.51. The zero-order chi connectivity index (χ0) is 12.3. The van der Waals surface area contributed by atoms with E-state index in [1.165, 1.54) is 36.8 Å². The van der Waals surface area contributed by atoms with Crippen molar-refractivity contribution in [1.82, 2.24) is 0 Å². The molecule has 2 rings (SSSR count). The second-order valence-corrected chi connectivity index (χ2v) is 5.74. The predicted octanol–water partition coefficient (Wildman–Crippen LogP) is 4.17. The van der Waals surface area contributed by atoms with Crippen molar-refractivity contribution in [2.45, 2.75) is 39.5 Å². The van der Waals surface area contributed by atoms with Crippen molar-refractivity contribution in [3.05, 3.63) is 29.3 Å². The van der Waals surface area contributed by atoms with Crippen molar-refractivity contribution in [3.8, 4) is 5.75 Å². The highest BCUT2D eigenvalue weighted by Gasteiger charge is 2.33. The first-order chi connectivity index (χ1) is 8.15. The van der Waals surface area contributed by atoms with Crippen LogP contribution in [0.2, 0.25) is 0 Å². The van der Waals surface area contributed by atoms with E-state index in [2.05, 4.69) is 44.7 Å². The highest BCUT2D eigenvalue weighted by molar-refractivity contribution is 7.80. The molecule has 1 aromatic rings. The summed E-state index contributed by atoms with van der Waals surface area (Å²) < 4.78 is 6.05. The van der Waals surface area contributed by atoms with Crippen molar-refractivity contribution in [3.63, 3.8) is 0 Å². The molecule has 1 aromatic carbocycles. The van der Waals surface area contributed by atoms with E-state index in [1.807, 2.05) is 0 Å². The van der Waals surface area contributed by atoms with Gasteiger partial charge in [-0.05, 0) is 49.6 Å². The molecule has 0 bridgehead atoms. The van der Waals surface area contributed by atoms with E-state index in [1.54, 1.807) is 0 Å². The van der Waals surface area contributed by atoms with Gasteiger partial charge in [-0.25, -0.2) is 0 Å². The molecule has 0 saturated heterocycles. The Hall–Kier alpha value is -0.630. The van der Waals surface area contributed by atoms with Crippen LogP contribution in [0.3, 0.4) is 0 Å². The van der Waals surface area contributed by atoms with Crippen molar-refractivity contribution in [2.24, 2.45) is 5.41 Å². The van der Waals surface area contributed by atoms with Gasteiger partial charge in [0.05, 0.1) is 6.61 Å². The molecule has 0 aliphatic heterocycles. The molecule has 1 nitrogen and oxygen atoms in total. The summed E-state index contributed by atoms with van der Waals surface area (Å²) in [4.78, 5) is 0. The predicted molar refractivity (Wildman–Crippen MR) is 76.2 cm³/mol. The van der Waals surface area contributed by atoms with Crippen LogP contribution in [-0.2, 0) is 0 Å². The fourth-order valence-electron chi connectivity index (χ4n) is 2.57. The minimum Gasteiger partial charge on any atom is -0.493 e. The molecule has 0 N–H and O–H groups in total. The highest BCUT2D eigenvalue weighted by atomic mass is 32.1. The van der Waals surface area contributed by atoms with Crippen LogP contribution in [0.1, 0.15) is 36.8 Å². The van der Waals surface area contributed by atoms with Crippen LogP contribution in [0.15, 0.2) is 18.2 Å². The summed E-state index contributed by atoms with van der Waals surface area (Å²) in [5.74, 6) is 1.98. The Balaban J connectivity index is 2.03. The lowest BCUT2D eigenvalue weighted by atomic mass is 9.90. The maximum absolute atomic E-state index is 6.05. The lowest BCUT2D eigenvalue weighted by Crippen LogP contribution is -2.27. The Morgan fingerprint density at radius 2 is 1.94 bits per heavy atom. The van der Waals surface area contributed by atoms with E-state index >= 15 is 0 Å².